The van der Waals surface area contributed by atoms with Crippen molar-refractivity contribution in [3.05, 3.63) is 121 Å². The lowest BCUT2D eigenvalue weighted by atomic mass is 9.82. The maximum Gasteiger partial charge on any atom is 0.330 e. The largest absolute Gasteiger partial charge is 0.494 e. The number of esters is 3. The molecule has 1 aliphatic rings. The van der Waals surface area contributed by atoms with Crippen molar-refractivity contribution in [3.8, 4) is 23.0 Å². The molecule has 306 valence electrons. The first-order valence-electron chi connectivity index (χ1n) is 19.8. The van der Waals surface area contributed by atoms with E-state index in [1.54, 1.807) is 48.7 Å². The van der Waals surface area contributed by atoms with Gasteiger partial charge in [0, 0.05) is 18.2 Å². The van der Waals surface area contributed by atoms with Crippen LogP contribution in [-0.2, 0) is 30.3 Å². The highest BCUT2D eigenvalue weighted by Gasteiger charge is 2.32. The zero-order valence-electron chi connectivity index (χ0n) is 32.7. The van der Waals surface area contributed by atoms with Gasteiger partial charge in [0.1, 0.15) is 23.0 Å². The normalized spacial score (nSPS) is 15.0. The fourth-order valence-corrected chi connectivity index (χ4v) is 7.52. The standard InChI is InChI=1S/C46H47N3O9S/c1-2-43(51)55-29-11-4-3-10-28-54-37-20-22-38(23-21-37)57-44(52)34-16-18-35(19-17-34)45(53)58-41-25-24-39(56-32-50)30-36(41)31-47-49(27-26-33-12-6-5-7-13-33)46-48-40-14-8-9-15-42(40)59-46/h2,5-9,12-15,20-25,30-32,34-35H,1,3-4,10-11,16-19,26-29H2/b47-31+/t34-,35-. The first-order chi connectivity index (χ1) is 28.9. The molecule has 1 aromatic heterocycles. The Morgan fingerprint density at radius 1 is 0.780 bits per heavy atom. The second-order valence-electron chi connectivity index (χ2n) is 14.0. The monoisotopic (exact) mass is 817 g/mol. The van der Waals surface area contributed by atoms with Gasteiger partial charge in [0.25, 0.3) is 6.47 Å². The minimum absolute atomic E-state index is 0.266. The zero-order valence-corrected chi connectivity index (χ0v) is 33.6. The first-order valence-corrected chi connectivity index (χ1v) is 20.6. The van der Waals surface area contributed by atoms with Crippen molar-refractivity contribution in [2.24, 2.45) is 16.9 Å². The number of unbranched alkanes of at least 4 members (excludes halogenated alkanes) is 3. The summed E-state index contributed by atoms with van der Waals surface area (Å²) in [6, 6.07) is 29.7. The molecule has 0 bridgehead atoms. The van der Waals surface area contributed by atoms with Gasteiger partial charge in [-0.25, -0.2) is 14.8 Å². The predicted molar refractivity (Wildman–Crippen MR) is 226 cm³/mol. The number of fused-ring (bicyclic) bond motifs is 1. The number of anilines is 1. The molecular formula is C46H47N3O9S. The Morgan fingerprint density at radius 3 is 2.15 bits per heavy atom. The highest BCUT2D eigenvalue weighted by molar-refractivity contribution is 7.22. The number of aromatic nitrogens is 1. The van der Waals surface area contributed by atoms with Crippen LogP contribution < -0.4 is 24.0 Å². The van der Waals surface area contributed by atoms with Crippen molar-refractivity contribution in [3.63, 3.8) is 0 Å². The third-order valence-electron chi connectivity index (χ3n) is 9.83. The van der Waals surface area contributed by atoms with Gasteiger partial charge in [-0.3, -0.25) is 14.4 Å². The van der Waals surface area contributed by atoms with Gasteiger partial charge in [-0.15, -0.1) is 0 Å². The Balaban J connectivity index is 1.01. The predicted octanol–water partition coefficient (Wildman–Crippen LogP) is 8.90. The fraction of sp³-hybridized carbons (Fsp3) is 0.304. The highest BCUT2D eigenvalue weighted by atomic mass is 32.1. The quantitative estimate of drug-likeness (QED) is 0.0133. The lowest BCUT2D eigenvalue weighted by Gasteiger charge is -2.26. The second kappa shape index (κ2) is 22.0. The van der Waals surface area contributed by atoms with E-state index in [0.29, 0.717) is 80.5 Å². The molecule has 1 heterocycles. The number of ether oxygens (including phenoxy) is 5. The molecule has 4 aromatic carbocycles. The number of thiazole rings is 1. The summed E-state index contributed by atoms with van der Waals surface area (Å²) in [6.45, 7) is 5.18. The lowest BCUT2D eigenvalue weighted by Crippen LogP contribution is -2.30. The van der Waals surface area contributed by atoms with Crippen LogP contribution in [0.3, 0.4) is 0 Å². The third-order valence-corrected chi connectivity index (χ3v) is 10.9. The van der Waals surface area contributed by atoms with E-state index in [4.69, 9.17) is 33.8 Å². The Kier molecular flexibility index (Phi) is 15.7. The van der Waals surface area contributed by atoms with E-state index < -0.39 is 17.9 Å². The third kappa shape index (κ3) is 12.8. The van der Waals surface area contributed by atoms with Crippen molar-refractivity contribution in [1.82, 2.24) is 4.98 Å². The second-order valence-corrected chi connectivity index (χ2v) is 15.0. The summed E-state index contributed by atoms with van der Waals surface area (Å²) in [4.78, 5) is 53.7. The Hall–Kier alpha value is -6.34. The van der Waals surface area contributed by atoms with Gasteiger partial charge in [-0.1, -0.05) is 60.4 Å². The molecular weight excluding hydrogens is 771 g/mol. The molecule has 13 heteroatoms. The SMILES string of the molecule is C=CC(=O)OCCCCCCOc1ccc(OC(=O)[C@H]2CC[C@H](C(=O)Oc3ccc(OC=O)cc3/C=N/N(CCc3ccccc3)c3nc4ccccc4s3)CC2)cc1. The number of carbonyl (C=O) groups excluding carboxylic acids is 4. The van der Waals surface area contributed by atoms with Gasteiger partial charge in [-0.05, 0) is 118 Å². The van der Waals surface area contributed by atoms with Gasteiger partial charge in [0.15, 0.2) is 0 Å². The molecule has 1 aliphatic carbocycles. The zero-order chi connectivity index (χ0) is 41.2. The molecule has 0 saturated heterocycles. The van der Waals surface area contributed by atoms with Crippen molar-refractivity contribution in [2.45, 2.75) is 57.8 Å². The minimum atomic E-state index is -0.411. The molecule has 0 spiro atoms. The number of hydrazone groups is 1. The number of para-hydroxylation sites is 1. The maximum atomic E-state index is 13.5. The van der Waals surface area contributed by atoms with E-state index in [-0.39, 0.29) is 23.4 Å². The number of nitrogens with zero attached hydrogens (tertiary/aromatic N) is 3. The molecule has 0 radical (unpaired) electrons. The summed E-state index contributed by atoms with van der Waals surface area (Å²) in [5.74, 6) is -0.264. The van der Waals surface area contributed by atoms with Crippen LogP contribution >= 0.6 is 11.3 Å². The summed E-state index contributed by atoms with van der Waals surface area (Å²) in [5, 5.41) is 7.34. The molecule has 1 saturated carbocycles. The summed E-state index contributed by atoms with van der Waals surface area (Å²) < 4.78 is 28.6. The van der Waals surface area contributed by atoms with Gasteiger partial charge >= 0.3 is 17.9 Å². The molecule has 0 aliphatic heterocycles. The Bertz CT molecular complexity index is 2170. The highest BCUT2D eigenvalue weighted by Crippen LogP contribution is 2.33. The maximum absolute atomic E-state index is 13.5. The number of hydrogen-bond acceptors (Lipinski definition) is 13. The van der Waals surface area contributed by atoms with Gasteiger partial charge in [-0.2, -0.15) is 5.10 Å². The van der Waals surface area contributed by atoms with Crippen LogP contribution in [0.1, 0.15) is 62.5 Å². The summed E-state index contributed by atoms with van der Waals surface area (Å²) >= 11 is 1.53. The first kappa shape index (κ1) is 42.3. The smallest absolute Gasteiger partial charge is 0.330 e. The molecule has 0 unspecified atom stereocenters. The van der Waals surface area contributed by atoms with Gasteiger partial charge < -0.3 is 23.7 Å². The van der Waals surface area contributed by atoms with E-state index in [2.05, 4.69) is 18.7 Å². The van der Waals surface area contributed by atoms with Crippen LogP contribution in [0.2, 0.25) is 0 Å². The van der Waals surface area contributed by atoms with Crippen molar-refractivity contribution >= 4 is 57.3 Å². The Morgan fingerprint density at radius 2 is 1.44 bits per heavy atom. The van der Waals surface area contributed by atoms with Gasteiger partial charge in [0.05, 0.1) is 41.5 Å². The molecule has 0 amide bonds. The molecule has 59 heavy (non-hydrogen) atoms. The van der Waals surface area contributed by atoms with Gasteiger partial charge in [0.2, 0.25) is 5.13 Å². The molecule has 0 atom stereocenters. The topological polar surface area (TPSA) is 143 Å². The number of carbonyl (C=O) groups is 4. The van der Waals surface area contributed by atoms with Crippen molar-refractivity contribution in [1.29, 1.82) is 0 Å². The van der Waals surface area contributed by atoms with E-state index in [1.807, 2.05) is 47.5 Å². The molecule has 0 N–H and O–H groups in total. The molecule has 6 rings (SSSR count). The molecule has 12 nitrogen and oxygen atoms in total. The fourth-order valence-electron chi connectivity index (χ4n) is 6.57. The van der Waals surface area contributed by atoms with Crippen LogP contribution in [0.5, 0.6) is 23.0 Å². The molecule has 5 aromatic rings. The average Bonchev–Trinajstić information content (AvgIpc) is 3.70. The van der Waals surface area contributed by atoms with Crippen LogP contribution in [-0.4, -0.2) is 55.3 Å². The van der Waals surface area contributed by atoms with Crippen LogP contribution in [0.15, 0.2) is 115 Å². The lowest BCUT2D eigenvalue weighted by molar-refractivity contribution is -0.145. The van der Waals surface area contributed by atoms with E-state index in [0.717, 1.165) is 47.5 Å². The molecule has 1 fully saturated rings. The minimum Gasteiger partial charge on any atom is -0.494 e. The van der Waals surface area contributed by atoms with E-state index in [9.17, 15) is 19.2 Å². The number of hydrogen-bond donors (Lipinski definition) is 0. The van der Waals surface area contributed by atoms with Crippen LogP contribution in [0, 0.1) is 11.8 Å². The summed E-state index contributed by atoms with van der Waals surface area (Å²) in [6.07, 6.45) is 8.87. The number of benzene rings is 4. The number of rotatable bonds is 21. The van der Waals surface area contributed by atoms with Crippen molar-refractivity contribution < 1.29 is 42.9 Å². The average molecular weight is 818 g/mol. The summed E-state index contributed by atoms with van der Waals surface area (Å²) in [5.41, 5.74) is 2.46. The van der Waals surface area contributed by atoms with E-state index >= 15 is 0 Å². The van der Waals surface area contributed by atoms with E-state index in [1.165, 1.54) is 11.3 Å². The summed E-state index contributed by atoms with van der Waals surface area (Å²) in [7, 11) is 0. The van der Waals surface area contributed by atoms with Crippen LogP contribution in [0.4, 0.5) is 5.13 Å². The Labute approximate surface area is 347 Å². The van der Waals surface area contributed by atoms with Crippen LogP contribution in [0.25, 0.3) is 10.2 Å². The van der Waals surface area contributed by atoms with Crippen molar-refractivity contribution in [2.75, 3.05) is 24.8 Å².